The molecule has 2 aliphatic heterocycles. The smallest absolute Gasteiger partial charge is 0.313 e. The van der Waals surface area contributed by atoms with Crippen molar-refractivity contribution in [3.63, 3.8) is 0 Å². The van der Waals surface area contributed by atoms with Crippen molar-refractivity contribution in [1.29, 1.82) is 0 Å². The Morgan fingerprint density at radius 1 is 1.30 bits per heavy atom. The van der Waals surface area contributed by atoms with Crippen molar-refractivity contribution in [2.45, 2.75) is 30.5 Å². The summed E-state index contributed by atoms with van der Waals surface area (Å²) in [6, 6.07) is -0.920. The van der Waals surface area contributed by atoms with Crippen LogP contribution in [0.2, 0.25) is 10.0 Å². The predicted octanol–water partition coefficient (Wildman–Crippen LogP) is 1.83. The molecule has 2 aromatic rings. The molecule has 3 unspecified atom stereocenters. The zero-order valence-electron chi connectivity index (χ0n) is 17.1. The number of nitrogens with zero attached hydrogens (tertiary/aromatic N) is 5. The lowest BCUT2D eigenvalue weighted by atomic mass is 9.83. The third-order valence-corrected chi connectivity index (χ3v) is 9.45. The Hall–Kier alpha value is -1.80. The monoisotopic (exact) mass is 549 g/mol. The number of β-lactam (4-membered cyclic amide) rings is 1. The Kier molecular flexibility index (Phi) is 6.46. The number of hydrogen-bond donors (Lipinski definition) is 2. The molecule has 0 aliphatic carbocycles. The number of aryl methyl sites for hydroxylation is 1. The van der Waals surface area contributed by atoms with Crippen LogP contribution in [-0.2, 0) is 14.4 Å². The molecule has 0 aromatic carbocycles. The molecule has 2 saturated heterocycles. The largest absolute Gasteiger partial charge is 0.481 e. The average Bonchev–Trinajstić information content (AvgIpc) is 3.19. The first-order chi connectivity index (χ1) is 15.5. The minimum Gasteiger partial charge on any atom is -0.481 e. The number of aromatic nitrogens is 3. The van der Waals surface area contributed by atoms with Gasteiger partial charge in [0.1, 0.15) is 30.8 Å². The molecule has 0 bridgehead atoms. The molecule has 10 nitrogen and oxygen atoms in total. The van der Waals surface area contributed by atoms with Crippen LogP contribution >= 0.6 is 58.9 Å². The van der Waals surface area contributed by atoms with Gasteiger partial charge in [-0.2, -0.15) is 12.6 Å². The fourth-order valence-corrected chi connectivity index (χ4v) is 7.36. The van der Waals surface area contributed by atoms with Gasteiger partial charge in [-0.15, -0.1) is 33.3 Å². The third kappa shape index (κ3) is 3.93. The quantitative estimate of drug-likeness (QED) is 0.427. The van der Waals surface area contributed by atoms with Crippen molar-refractivity contribution < 1.29 is 19.5 Å². The number of carboxylic acid groups (broad SMARTS) is 1. The SMILES string of the molecule is CC(=O)N(C1C(=O)N2CC(C(=O)O)(C(S)c3nnc(C)s3)CS[C@H]12)n1cc(Cl)c(=O)c(Cl)c1. The molecule has 176 valence electrons. The summed E-state index contributed by atoms with van der Waals surface area (Å²) in [5.74, 6) is -1.87. The van der Waals surface area contributed by atoms with Gasteiger partial charge in [0, 0.05) is 31.6 Å². The van der Waals surface area contributed by atoms with Crippen molar-refractivity contribution in [3.8, 4) is 0 Å². The van der Waals surface area contributed by atoms with E-state index in [1.54, 1.807) is 6.92 Å². The number of halogens is 2. The summed E-state index contributed by atoms with van der Waals surface area (Å²) < 4.78 is 1.22. The van der Waals surface area contributed by atoms with Crippen LogP contribution in [0.15, 0.2) is 17.2 Å². The number of carbonyl (C=O) groups is 3. The molecule has 0 saturated carbocycles. The Morgan fingerprint density at radius 3 is 2.45 bits per heavy atom. The number of thioether (sulfide) groups is 1. The van der Waals surface area contributed by atoms with Gasteiger partial charge in [0.15, 0.2) is 6.04 Å². The summed E-state index contributed by atoms with van der Waals surface area (Å²) in [5, 5.41) is 18.7. The highest BCUT2D eigenvalue weighted by Gasteiger charge is 2.62. The van der Waals surface area contributed by atoms with E-state index < -0.39 is 45.3 Å². The van der Waals surface area contributed by atoms with E-state index in [2.05, 4.69) is 22.8 Å². The molecule has 33 heavy (non-hydrogen) atoms. The van der Waals surface area contributed by atoms with Crippen molar-refractivity contribution in [2.75, 3.05) is 17.3 Å². The van der Waals surface area contributed by atoms with Gasteiger partial charge in [0.05, 0.1) is 5.25 Å². The summed E-state index contributed by atoms with van der Waals surface area (Å²) >= 11 is 18.9. The van der Waals surface area contributed by atoms with Gasteiger partial charge in [-0.05, 0) is 6.92 Å². The zero-order chi connectivity index (χ0) is 24.2. The second-order valence-corrected chi connectivity index (χ2v) is 11.3. The molecule has 0 spiro atoms. The highest BCUT2D eigenvalue weighted by molar-refractivity contribution is 8.00. The van der Waals surface area contributed by atoms with Crippen LogP contribution in [0.1, 0.15) is 22.2 Å². The van der Waals surface area contributed by atoms with E-state index in [-0.39, 0.29) is 22.3 Å². The van der Waals surface area contributed by atoms with Crippen LogP contribution in [0.4, 0.5) is 0 Å². The molecule has 4 atom stereocenters. The van der Waals surface area contributed by atoms with Gasteiger partial charge in [0.2, 0.25) is 11.3 Å². The maximum atomic E-state index is 13.2. The molecule has 4 heterocycles. The first-order valence-corrected chi connectivity index (χ1v) is 12.6. The lowest BCUT2D eigenvalue weighted by Crippen LogP contribution is -2.76. The normalized spacial score (nSPS) is 25.2. The molecule has 4 rings (SSSR count). The maximum absolute atomic E-state index is 13.2. The first kappa shape index (κ1) is 24.3. The second kappa shape index (κ2) is 8.77. The van der Waals surface area contributed by atoms with Crippen LogP contribution in [0, 0.1) is 12.3 Å². The Bertz CT molecular complexity index is 1200. The molecule has 2 aliphatic rings. The second-order valence-electron chi connectivity index (χ2n) is 7.66. The minimum atomic E-state index is -1.39. The first-order valence-electron chi connectivity index (χ1n) is 9.49. The van der Waals surface area contributed by atoms with Crippen LogP contribution in [0.25, 0.3) is 0 Å². The predicted molar refractivity (Wildman–Crippen MR) is 128 cm³/mol. The molecule has 2 amide bonds. The van der Waals surface area contributed by atoms with Crippen molar-refractivity contribution in [3.05, 3.63) is 42.7 Å². The van der Waals surface area contributed by atoms with Gasteiger partial charge in [0.25, 0.3) is 5.91 Å². The topological polar surface area (TPSA) is 126 Å². The van der Waals surface area contributed by atoms with E-state index in [9.17, 15) is 24.3 Å². The summed E-state index contributed by atoms with van der Waals surface area (Å²) in [6.07, 6.45) is 2.42. The number of fused-ring (bicyclic) bond motifs is 1. The third-order valence-electron chi connectivity index (χ3n) is 5.56. The molecule has 1 N–H and O–H groups in total. The van der Waals surface area contributed by atoms with Crippen LogP contribution < -0.4 is 10.4 Å². The summed E-state index contributed by atoms with van der Waals surface area (Å²) in [4.78, 5) is 51.3. The molecular weight excluding hydrogens is 533 g/mol. The Morgan fingerprint density at radius 2 is 1.94 bits per heavy atom. The molecule has 15 heteroatoms. The van der Waals surface area contributed by atoms with E-state index >= 15 is 0 Å². The van der Waals surface area contributed by atoms with Gasteiger partial charge in [-0.1, -0.05) is 23.2 Å². The highest BCUT2D eigenvalue weighted by Crippen LogP contribution is 2.51. The van der Waals surface area contributed by atoms with Gasteiger partial charge < -0.3 is 10.0 Å². The van der Waals surface area contributed by atoms with E-state index in [4.69, 9.17) is 23.2 Å². The number of amides is 2. The van der Waals surface area contributed by atoms with Gasteiger partial charge in [-0.25, -0.2) is 5.01 Å². The number of aliphatic carboxylic acids is 1. The maximum Gasteiger partial charge on any atom is 0.313 e. The number of rotatable bonds is 5. The Balaban J connectivity index is 1.64. The summed E-state index contributed by atoms with van der Waals surface area (Å²) in [7, 11) is 0. The molecule has 2 fully saturated rings. The Labute approximate surface area is 211 Å². The van der Waals surface area contributed by atoms with E-state index in [1.807, 2.05) is 0 Å². The number of carboxylic acids is 1. The van der Waals surface area contributed by atoms with E-state index in [0.29, 0.717) is 10.0 Å². The van der Waals surface area contributed by atoms with E-state index in [1.165, 1.54) is 52.0 Å². The minimum absolute atomic E-state index is 0.0977. The number of pyridine rings is 1. The standard InChI is InChI=1S/C18H17Cl2N5O5S3/c1-7-21-22-14(33-7)13(31)18(17(29)30)5-24-15(28)11(16(24)32-6-18)25(8(2)26)23-3-9(19)12(27)10(20)4-23/h3-4,11,13,16,31H,5-6H2,1-2H3,(H,29,30)/t11?,13?,16-,18?/m1/s1. The lowest BCUT2D eigenvalue weighted by molar-refractivity contribution is -0.158. The number of carbonyl (C=O) groups excluding carboxylic acids is 2. The molecule has 0 radical (unpaired) electrons. The van der Waals surface area contributed by atoms with Gasteiger partial charge in [-0.3, -0.25) is 23.9 Å². The molecule has 2 aromatic heterocycles. The fraction of sp³-hybridized carbons (Fsp3) is 0.444. The lowest BCUT2D eigenvalue weighted by Gasteiger charge is -2.56. The van der Waals surface area contributed by atoms with Crippen LogP contribution in [0.5, 0.6) is 0 Å². The van der Waals surface area contributed by atoms with E-state index in [0.717, 1.165) is 5.01 Å². The zero-order valence-corrected chi connectivity index (χ0v) is 21.2. The van der Waals surface area contributed by atoms with Crippen LogP contribution in [-0.4, -0.2) is 66.4 Å². The van der Waals surface area contributed by atoms with Crippen molar-refractivity contribution >= 4 is 76.7 Å². The highest BCUT2D eigenvalue weighted by atomic mass is 35.5. The average molecular weight is 550 g/mol. The van der Waals surface area contributed by atoms with Crippen LogP contribution in [0.3, 0.4) is 0 Å². The fourth-order valence-electron chi connectivity index (χ4n) is 3.86. The summed E-state index contributed by atoms with van der Waals surface area (Å²) in [5.41, 5.74) is -1.98. The number of hydrogen-bond acceptors (Lipinski definition) is 9. The van der Waals surface area contributed by atoms with Crippen molar-refractivity contribution in [1.82, 2.24) is 19.8 Å². The van der Waals surface area contributed by atoms with Crippen molar-refractivity contribution in [2.24, 2.45) is 5.41 Å². The number of thiol groups is 1. The summed E-state index contributed by atoms with van der Waals surface area (Å²) in [6.45, 7) is 2.93. The van der Waals surface area contributed by atoms with Gasteiger partial charge >= 0.3 is 5.97 Å². The molecular formula is C18H17Cl2N5O5S3.